The molecule has 1 N–H and O–H groups in total. The molecule has 7 fully saturated rings. The lowest BCUT2D eigenvalue weighted by atomic mass is 9.49. The lowest BCUT2D eigenvalue weighted by molar-refractivity contribution is -0.188. The van der Waals surface area contributed by atoms with E-state index < -0.39 is 57.4 Å². The number of ether oxygens (including phenoxy) is 3. The molecule has 1 heterocycles. The normalized spacial score (nSPS) is 38.7. The molecule has 8 atom stereocenters. The zero-order chi connectivity index (χ0) is 30.7. The Morgan fingerprint density at radius 3 is 2.12 bits per heavy atom. The third-order valence-corrected chi connectivity index (χ3v) is 12.3. The molecule has 6 bridgehead atoms. The van der Waals surface area contributed by atoms with Gasteiger partial charge in [-0.25, -0.2) is 0 Å². The van der Waals surface area contributed by atoms with Crippen molar-refractivity contribution in [1.29, 1.82) is 0 Å². The second-order valence-corrected chi connectivity index (χ2v) is 15.9. The molecule has 6 unspecified atom stereocenters. The fourth-order valence-electron chi connectivity index (χ4n) is 9.76. The Labute approximate surface area is 251 Å². The Hall–Kier alpha value is -2.79. The maximum Gasteiger partial charge on any atom is 0.315 e. The maximum atomic E-state index is 13.8. The molecule has 10 nitrogen and oxygen atoms in total. The molecule has 1 aromatic rings. The molecule has 232 valence electrons. The van der Waals surface area contributed by atoms with Crippen LogP contribution in [0.4, 0.5) is 0 Å². The van der Waals surface area contributed by atoms with Crippen molar-refractivity contribution in [2.45, 2.75) is 95.2 Å². The third-order valence-electron chi connectivity index (χ3n) is 11.3. The van der Waals surface area contributed by atoms with Gasteiger partial charge in [0.05, 0.1) is 17.3 Å². The highest BCUT2D eigenvalue weighted by Crippen LogP contribution is 2.62. The van der Waals surface area contributed by atoms with Gasteiger partial charge >= 0.3 is 17.9 Å². The number of hydrogen-bond donors (Lipinski definition) is 1. The second-order valence-electron chi connectivity index (χ2n) is 14.5. The summed E-state index contributed by atoms with van der Waals surface area (Å²) in [7, 11) is -4.54. The van der Waals surface area contributed by atoms with E-state index in [1.165, 1.54) is 12.1 Å². The minimum atomic E-state index is -4.54. The minimum absolute atomic E-state index is 0.0890. The van der Waals surface area contributed by atoms with Crippen LogP contribution in [-0.2, 0) is 38.8 Å². The van der Waals surface area contributed by atoms with Gasteiger partial charge in [0, 0.05) is 23.7 Å². The van der Waals surface area contributed by atoms with Crippen molar-refractivity contribution in [3.05, 3.63) is 23.3 Å². The summed E-state index contributed by atoms with van der Waals surface area (Å²) in [4.78, 5) is 53.1. The van der Waals surface area contributed by atoms with Gasteiger partial charge in [0.15, 0.2) is 0 Å². The van der Waals surface area contributed by atoms with Crippen LogP contribution in [0.2, 0.25) is 0 Å². The van der Waals surface area contributed by atoms with Gasteiger partial charge in [0.25, 0.3) is 10.1 Å². The van der Waals surface area contributed by atoms with Crippen molar-refractivity contribution < 1.29 is 46.4 Å². The van der Waals surface area contributed by atoms with Crippen LogP contribution in [0.25, 0.3) is 0 Å². The van der Waals surface area contributed by atoms with Crippen molar-refractivity contribution >= 4 is 33.8 Å². The van der Waals surface area contributed by atoms with Crippen molar-refractivity contribution in [2.24, 2.45) is 46.8 Å². The number of rotatable bonds is 7. The molecule has 8 rings (SSSR count). The van der Waals surface area contributed by atoms with E-state index in [2.05, 4.69) is 0 Å². The van der Waals surface area contributed by atoms with Gasteiger partial charge in [-0.15, -0.1) is 0 Å². The highest BCUT2D eigenvalue weighted by Gasteiger charge is 2.71. The summed E-state index contributed by atoms with van der Waals surface area (Å²) >= 11 is 0. The molecule has 43 heavy (non-hydrogen) atoms. The molecular weight excluding hydrogens is 576 g/mol. The van der Waals surface area contributed by atoms with Gasteiger partial charge in [0.2, 0.25) is 0 Å². The zero-order valence-corrected chi connectivity index (χ0v) is 25.6. The molecular formula is C32H38O10S. The van der Waals surface area contributed by atoms with Gasteiger partial charge in [-0.1, -0.05) is 27.7 Å². The number of benzene rings is 1. The number of hydrogen-bond acceptors (Lipinski definition) is 9. The summed E-state index contributed by atoms with van der Waals surface area (Å²) in [6.45, 7) is 7.12. The van der Waals surface area contributed by atoms with Crippen LogP contribution >= 0.6 is 0 Å². The largest absolute Gasteiger partial charge is 0.458 e. The van der Waals surface area contributed by atoms with E-state index in [1.807, 2.05) is 0 Å². The van der Waals surface area contributed by atoms with Crippen molar-refractivity contribution in [2.75, 3.05) is 0 Å². The smallest absolute Gasteiger partial charge is 0.315 e. The summed E-state index contributed by atoms with van der Waals surface area (Å²) in [5.74, 6) is -3.80. The highest BCUT2D eigenvalue weighted by atomic mass is 32.2. The van der Waals surface area contributed by atoms with E-state index >= 15 is 0 Å². The van der Waals surface area contributed by atoms with E-state index in [4.69, 9.17) is 14.2 Å². The highest BCUT2D eigenvalue weighted by molar-refractivity contribution is 7.86. The van der Waals surface area contributed by atoms with Crippen LogP contribution in [0.5, 0.6) is 5.75 Å². The monoisotopic (exact) mass is 614 g/mol. The second kappa shape index (κ2) is 9.60. The number of carbonyl (C=O) groups is 4. The molecule has 1 aliphatic heterocycles. The number of esters is 3. The molecule has 0 amide bonds. The molecule has 0 spiro atoms. The van der Waals surface area contributed by atoms with Gasteiger partial charge in [-0.05, 0) is 79.5 Å². The van der Waals surface area contributed by atoms with Crippen LogP contribution in [0.1, 0.15) is 89.2 Å². The van der Waals surface area contributed by atoms with Crippen LogP contribution in [0, 0.1) is 46.8 Å². The minimum Gasteiger partial charge on any atom is -0.458 e. The molecule has 7 aliphatic rings. The van der Waals surface area contributed by atoms with E-state index in [0.717, 1.165) is 12.8 Å². The number of carbonyl (C=O) groups excluding carboxylic acids is 4. The predicted molar refractivity (Wildman–Crippen MR) is 149 cm³/mol. The van der Waals surface area contributed by atoms with E-state index in [-0.39, 0.29) is 52.0 Å². The first-order valence-electron chi connectivity index (χ1n) is 15.5. The Kier molecular flexibility index (Phi) is 6.47. The number of Topliss-reactive ketones (excluding diaryl/α,β-unsaturated/α-hetero) is 1. The summed E-state index contributed by atoms with van der Waals surface area (Å²) in [6.07, 6.45) is 2.55. The fraction of sp³-hybridized carbons (Fsp3) is 0.688. The maximum absolute atomic E-state index is 13.8. The Balaban J connectivity index is 1.15. The average molecular weight is 615 g/mol. The SMILES string of the molecule is CC(C)c1cc(OC(=O)[C@H]2C3C(=O)OC4C3C[C@H]2C4OC(=O)C23CC4CC(C2)C(=O)C(C4)C3)cc(C(C)C)c1S(=O)(=O)O. The quantitative estimate of drug-likeness (QED) is 0.269. The molecule has 0 radical (unpaired) electrons. The first-order valence-corrected chi connectivity index (χ1v) is 16.9. The van der Waals surface area contributed by atoms with Crippen LogP contribution in [-0.4, -0.2) is 48.9 Å². The standard InChI is InChI=1S/C32H38O10S/c1-13(2)19-7-18(8-20(14(3)4)28(19)43(37,38)39)40-29(34)23-22-9-21-24(23)30(35)41-26(21)27(22)42-31(36)32-10-15-5-16(11-32)25(33)17(6-15)12-32/h7-8,13-17,21-24,26-27H,5-6,9-12H2,1-4H3,(H,37,38,39)/t15?,16?,17?,21?,22-,23-,24?,26?,27?,32?/m1/s1. The van der Waals surface area contributed by atoms with Gasteiger partial charge in [-0.3, -0.25) is 23.7 Å². The number of fused-ring (bicyclic) bond motifs is 1. The zero-order valence-electron chi connectivity index (χ0n) is 24.8. The third kappa shape index (κ3) is 4.31. The van der Waals surface area contributed by atoms with E-state index in [0.29, 0.717) is 42.7 Å². The van der Waals surface area contributed by atoms with Gasteiger partial charge in [0.1, 0.15) is 28.6 Å². The van der Waals surface area contributed by atoms with Crippen molar-refractivity contribution in [1.82, 2.24) is 0 Å². The average Bonchev–Trinajstić information content (AvgIpc) is 3.54. The summed E-state index contributed by atoms with van der Waals surface area (Å²) < 4.78 is 52.4. The lowest BCUT2D eigenvalue weighted by Gasteiger charge is -2.54. The Bertz CT molecular complexity index is 1500. The Morgan fingerprint density at radius 2 is 1.56 bits per heavy atom. The molecule has 11 heteroatoms. The topological polar surface area (TPSA) is 150 Å². The lowest BCUT2D eigenvalue weighted by Crippen LogP contribution is -2.56. The molecule has 0 aromatic heterocycles. The van der Waals surface area contributed by atoms with Crippen molar-refractivity contribution in [3.8, 4) is 5.75 Å². The van der Waals surface area contributed by atoms with Gasteiger partial charge < -0.3 is 14.2 Å². The Morgan fingerprint density at radius 1 is 0.953 bits per heavy atom. The van der Waals surface area contributed by atoms with E-state index in [9.17, 15) is 32.1 Å². The molecule has 6 aliphatic carbocycles. The summed E-state index contributed by atoms with van der Waals surface area (Å²) in [6, 6.07) is 2.90. The van der Waals surface area contributed by atoms with Crippen LogP contribution in [0.3, 0.4) is 0 Å². The van der Waals surface area contributed by atoms with Crippen LogP contribution in [0.15, 0.2) is 17.0 Å². The van der Waals surface area contributed by atoms with Crippen LogP contribution < -0.4 is 4.74 Å². The molecule has 6 saturated carbocycles. The predicted octanol–water partition coefficient (Wildman–Crippen LogP) is 4.20. The number of ketones is 1. The summed E-state index contributed by atoms with van der Waals surface area (Å²) in [5, 5.41) is 0. The first-order chi connectivity index (χ1) is 20.2. The van der Waals surface area contributed by atoms with Crippen molar-refractivity contribution in [3.63, 3.8) is 0 Å². The summed E-state index contributed by atoms with van der Waals surface area (Å²) in [5.41, 5.74) is -0.0456. The molecule has 1 aromatic carbocycles. The van der Waals surface area contributed by atoms with E-state index in [1.54, 1.807) is 27.7 Å². The van der Waals surface area contributed by atoms with Gasteiger partial charge in [-0.2, -0.15) is 8.42 Å². The first kappa shape index (κ1) is 29.0. The molecule has 1 saturated heterocycles. The fourth-order valence-corrected chi connectivity index (χ4v) is 10.9.